The molecule has 3 rings (SSSR count). The molecule has 4 nitrogen and oxygen atoms in total. The molecule has 132 valence electrons. The van der Waals surface area contributed by atoms with Crippen molar-refractivity contribution in [1.82, 2.24) is 10.2 Å². The number of likely N-dealkylation sites (tertiary alicyclic amines) is 1. The van der Waals surface area contributed by atoms with E-state index in [1.165, 1.54) is 29.5 Å². The maximum Gasteiger partial charge on any atom is 0.120 e. The van der Waals surface area contributed by atoms with Crippen molar-refractivity contribution in [3.8, 4) is 0 Å². The van der Waals surface area contributed by atoms with Crippen LogP contribution in [0.3, 0.4) is 0 Å². The Kier molecular flexibility index (Phi) is 6.41. The zero-order chi connectivity index (χ0) is 16.8. The molecule has 2 N–H and O–H groups in total. The van der Waals surface area contributed by atoms with E-state index in [1.807, 2.05) is 0 Å². The number of fused-ring (bicyclic) bond motifs is 1. The molecule has 0 saturated carbocycles. The SMILES string of the molecule is O=CCCC1CCN(CCO)CC1c1ccc2c(c1)CNCCC2. The third-order valence-corrected chi connectivity index (χ3v) is 5.69. The molecule has 2 heterocycles. The van der Waals surface area contributed by atoms with Crippen LogP contribution >= 0.6 is 0 Å². The first-order valence-corrected chi connectivity index (χ1v) is 9.41. The molecule has 1 aromatic rings. The lowest BCUT2D eigenvalue weighted by atomic mass is 9.77. The minimum atomic E-state index is 0.222. The molecular weight excluding hydrogens is 300 g/mol. The maximum absolute atomic E-state index is 10.8. The summed E-state index contributed by atoms with van der Waals surface area (Å²) < 4.78 is 0. The van der Waals surface area contributed by atoms with Crippen molar-refractivity contribution in [2.75, 3.05) is 32.8 Å². The van der Waals surface area contributed by atoms with E-state index in [1.54, 1.807) is 0 Å². The fourth-order valence-corrected chi connectivity index (χ4v) is 4.33. The number of hydrogen-bond acceptors (Lipinski definition) is 4. The number of aryl methyl sites for hydroxylation is 1. The quantitative estimate of drug-likeness (QED) is 0.785. The summed E-state index contributed by atoms with van der Waals surface area (Å²) in [5.41, 5.74) is 4.34. The average Bonchev–Trinajstić information content (AvgIpc) is 2.85. The topological polar surface area (TPSA) is 52.6 Å². The van der Waals surface area contributed by atoms with E-state index in [9.17, 15) is 9.90 Å². The van der Waals surface area contributed by atoms with Crippen LogP contribution in [0, 0.1) is 5.92 Å². The van der Waals surface area contributed by atoms with Crippen LogP contribution in [-0.2, 0) is 17.8 Å². The molecule has 1 saturated heterocycles. The van der Waals surface area contributed by atoms with Gasteiger partial charge in [-0.1, -0.05) is 18.2 Å². The fourth-order valence-electron chi connectivity index (χ4n) is 4.33. The maximum atomic E-state index is 10.8. The van der Waals surface area contributed by atoms with Gasteiger partial charge in [0.15, 0.2) is 0 Å². The third-order valence-electron chi connectivity index (χ3n) is 5.69. The molecule has 0 radical (unpaired) electrons. The largest absolute Gasteiger partial charge is 0.395 e. The van der Waals surface area contributed by atoms with Gasteiger partial charge in [0.2, 0.25) is 0 Å². The van der Waals surface area contributed by atoms with E-state index in [2.05, 4.69) is 28.4 Å². The van der Waals surface area contributed by atoms with Gasteiger partial charge >= 0.3 is 0 Å². The third kappa shape index (κ3) is 4.24. The van der Waals surface area contributed by atoms with Gasteiger partial charge in [0.05, 0.1) is 6.61 Å². The van der Waals surface area contributed by atoms with E-state index < -0.39 is 0 Å². The summed E-state index contributed by atoms with van der Waals surface area (Å²) in [6.07, 6.45) is 6.19. The van der Waals surface area contributed by atoms with Gasteiger partial charge in [-0.2, -0.15) is 0 Å². The monoisotopic (exact) mass is 330 g/mol. The Balaban J connectivity index is 1.81. The second-order valence-electron chi connectivity index (χ2n) is 7.23. The van der Waals surface area contributed by atoms with Gasteiger partial charge in [-0.05, 0) is 67.3 Å². The summed E-state index contributed by atoms with van der Waals surface area (Å²) in [5.74, 6) is 1.04. The number of rotatable bonds is 6. The van der Waals surface area contributed by atoms with E-state index in [4.69, 9.17) is 0 Å². The van der Waals surface area contributed by atoms with E-state index in [-0.39, 0.29) is 6.61 Å². The van der Waals surface area contributed by atoms with Crippen molar-refractivity contribution >= 4 is 6.29 Å². The number of nitrogens with one attached hydrogen (secondary N) is 1. The number of β-amino-alcohol motifs (C(OH)–C–C–N with tert-alkyl or cyclic N) is 1. The number of piperidine rings is 1. The molecule has 2 aliphatic rings. The lowest BCUT2D eigenvalue weighted by Crippen LogP contribution is -2.40. The van der Waals surface area contributed by atoms with Gasteiger partial charge in [0.1, 0.15) is 6.29 Å². The first kappa shape index (κ1) is 17.6. The minimum absolute atomic E-state index is 0.222. The standard InChI is InChI=1S/C20H30N2O2/c23-11-2-4-17-7-9-22(10-12-24)15-20(17)18-6-5-16-3-1-8-21-14-19(16)13-18/h5-6,11,13,17,20-21,24H,1-4,7-10,12,14-15H2. The summed E-state index contributed by atoms with van der Waals surface area (Å²) in [7, 11) is 0. The van der Waals surface area contributed by atoms with Gasteiger partial charge < -0.3 is 20.1 Å². The van der Waals surface area contributed by atoms with Gasteiger partial charge in [-0.25, -0.2) is 0 Å². The molecule has 2 aliphatic heterocycles. The van der Waals surface area contributed by atoms with Crippen molar-refractivity contribution in [2.24, 2.45) is 5.92 Å². The normalized spacial score (nSPS) is 25.0. The van der Waals surface area contributed by atoms with E-state index in [0.717, 1.165) is 51.9 Å². The molecule has 0 aliphatic carbocycles. The smallest absolute Gasteiger partial charge is 0.120 e. The van der Waals surface area contributed by atoms with E-state index >= 15 is 0 Å². The van der Waals surface area contributed by atoms with Crippen LogP contribution in [0.1, 0.15) is 48.3 Å². The lowest BCUT2D eigenvalue weighted by Gasteiger charge is -2.39. The van der Waals surface area contributed by atoms with Crippen LogP contribution in [0.2, 0.25) is 0 Å². The molecule has 4 heteroatoms. The fraction of sp³-hybridized carbons (Fsp3) is 0.650. The molecule has 0 bridgehead atoms. The summed E-state index contributed by atoms with van der Waals surface area (Å²) in [6.45, 7) is 5.07. The zero-order valence-corrected chi connectivity index (χ0v) is 14.5. The van der Waals surface area contributed by atoms with Crippen LogP contribution in [0.25, 0.3) is 0 Å². The predicted molar refractivity (Wildman–Crippen MR) is 96.1 cm³/mol. The Bertz CT molecular complexity index is 546. The molecule has 0 amide bonds. The molecule has 24 heavy (non-hydrogen) atoms. The van der Waals surface area contributed by atoms with Gasteiger partial charge in [0, 0.05) is 26.1 Å². The van der Waals surface area contributed by atoms with Crippen molar-refractivity contribution in [1.29, 1.82) is 0 Å². The summed E-state index contributed by atoms with van der Waals surface area (Å²) in [5, 5.41) is 12.8. The number of carbonyl (C=O) groups is 1. The Hall–Kier alpha value is -1.23. The second-order valence-corrected chi connectivity index (χ2v) is 7.23. The number of hydrogen-bond donors (Lipinski definition) is 2. The number of aldehydes is 1. The number of nitrogens with zero attached hydrogens (tertiary/aromatic N) is 1. The first-order chi connectivity index (χ1) is 11.8. The lowest BCUT2D eigenvalue weighted by molar-refractivity contribution is -0.108. The Morgan fingerprint density at radius 3 is 3.08 bits per heavy atom. The molecule has 0 spiro atoms. The van der Waals surface area contributed by atoms with Gasteiger partial charge in [-0.3, -0.25) is 0 Å². The highest BCUT2D eigenvalue weighted by molar-refractivity contribution is 5.49. The first-order valence-electron chi connectivity index (χ1n) is 9.41. The minimum Gasteiger partial charge on any atom is -0.395 e. The zero-order valence-electron chi connectivity index (χ0n) is 14.5. The van der Waals surface area contributed by atoms with E-state index in [0.29, 0.717) is 18.3 Å². The Morgan fingerprint density at radius 1 is 1.33 bits per heavy atom. The highest BCUT2D eigenvalue weighted by atomic mass is 16.3. The summed E-state index contributed by atoms with van der Waals surface area (Å²) in [4.78, 5) is 13.2. The molecule has 1 fully saturated rings. The highest BCUT2D eigenvalue weighted by Gasteiger charge is 2.30. The molecule has 2 atom stereocenters. The average molecular weight is 330 g/mol. The summed E-state index contributed by atoms with van der Waals surface area (Å²) >= 11 is 0. The Morgan fingerprint density at radius 2 is 2.25 bits per heavy atom. The van der Waals surface area contributed by atoms with Gasteiger partial charge in [-0.15, -0.1) is 0 Å². The van der Waals surface area contributed by atoms with Gasteiger partial charge in [0.25, 0.3) is 0 Å². The highest BCUT2D eigenvalue weighted by Crippen LogP contribution is 2.36. The number of aliphatic hydroxyl groups is 1. The second kappa shape index (κ2) is 8.75. The number of aliphatic hydroxyl groups excluding tert-OH is 1. The number of carbonyl (C=O) groups excluding carboxylic acids is 1. The van der Waals surface area contributed by atoms with Crippen LogP contribution in [0.4, 0.5) is 0 Å². The Labute approximate surface area is 145 Å². The molecular formula is C20H30N2O2. The molecule has 1 aromatic carbocycles. The van der Waals surface area contributed by atoms with Crippen LogP contribution in [0.15, 0.2) is 18.2 Å². The molecule has 2 unspecified atom stereocenters. The summed E-state index contributed by atoms with van der Waals surface area (Å²) in [6, 6.07) is 7.03. The van der Waals surface area contributed by atoms with Crippen LogP contribution in [0.5, 0.6) is 0 Å². The van der Waals surface area contributed by atoms with Crippen molar-refractivity contribution in [3.63, 3.8) is 0 Å². The van der Waals surface area contributed by atoms with Crippen molar-refractivity contribution in [3.05, 3.63) is 34.9 Å². The predicted octanol–water partition coefficient (Wildman–Crippen LogP) is 2.10. The van der Waals surface area contributed by atoms with Crippen LogP contribution in [-0.4, -0.2) is 49.1 Å². The number of benzene rings is 1. The van der Waals surface area contributed by atoms with Crippen LogP contribution < -0.4 is 5.32 Å². The van der Waals surface area contributed by atoms with Crippen molar-refractivity contribution < 1.29 is 9.90 Å². The van der Waals surface area contributed by atoms with Crippen molar-refractivity contribution in [2.45, 2.75) is 44.6 Å². The molecule has 0 aromatic heterocycles.